The number of aromatic nitrogens is 4. The molecule has 0 bridgehead atoms. The molecule has 1 aliphatic heterocycles. The molecule has 3 aromatic heterocycles. The number of Topliss-reactive ketones (excluding diaryl/α,β-unsaturated/α-hetero) is 1. The molecule has 0 saturated carbocycles. The zero-order valence-electron chi connectivity index (χ0n) is 20.4. The van der Waals surface area contributed by atoms with Crippen LogP contribution in [0.4, 0.5) is 0 Å². The van der Waals surface area contributed by atoms with E-state index in [-0.39, 0.29) is 30.7 Å². The van der Waals surface area contributed by atoms with Crippen LogP contribution in [-0.4, -0.2) is 85.0 Å². The number of methoxy groups -OCH3 is 1. The number of aromatic amines is 1. The van der Waals surface area contributed by atoms with Crippen LogP contribution in [0.25, 0.3) is 16.7 Å². The largest absolute Gasteiger partial charge is 0.494 e. The lowest BCUT2D eigenvalue weighted by Crippen LogP contribution is -2.56. The zero-order valence-corrected chi connectivity index (χ0v) is 20.4. The van der Waals surface area contributed by atoms with Crippen molar-refractivity contribution in [2.24, 2.45) is 0 Å². The number of pyridine rings is 1. The third-order valence-electron chi connectivity index (χ3n) is 6.55. The van der Waals surface area contributed by atoms with E-state index in [9.17, 15) is 19.5 Å². The summed E-state index contributed by atoms with van der Waals surface area (Å²) in [5.41, 5.74) is 1.81. The van der Waals surface area contributed by atoms with E-state index in [2.05, 4.69) is 15.1 Å². The molecule has 11 heteroatoms. The summed E-state index contributed by atoms with van der Waals surface area (Å²) in [6.07, 6.45) is 6.07. The van der Waals surface area contributed by atoms with Gasteiger partial charge in [-0.2, -0.15) is 5.10 Å². The third-order valence-corrected chi connectivity index (χ3v) is 6.55. The van der Waals surface area contributed by atoms with Gasteiger partial charge in [-0.1, -0.05) is 18.2 Å². The van der Waals surface area contributed by atoms with Gasteiger partial charge in [0, 0.05) is 49.2 Å². The Hall–Kier alpha value is -4.51. The van der Waals surface area contributed by atoms with E-state index in [1.807, 2.05) is 25.1 Å². The van der Waals surface area contributed by atoms with E-state index in [1.54, 1.807) is 23.2 Å². The number of amides is 2. The Balaban J connectivity index is 1.40. The maximum absolute atomic E-state index is 13.4. The third kappa shape index (κ3) is 4.33. The highest BCUT2D eigenvalue weighted by atomic mass is 16.5. The van der Waals surface area contributed by atoms with Crippen LogP contribution in [0.2, 0.25) is 0 Å². The lowest BCUT2D eigenvalue weighted by Gasteiger charge is -2.39. The van der Waals surface area contributed by atoms with E-state index in [0.717, 1.165) is 0 Å². The van der Waals surface area contributed by atoms with Crippen molar-refractivity contribution in [2.75, 3.05) is 26.7 Å². The fourth-order valence-electron chi connectivity index (χ4n) is 4.62. The van der Waals surface area contributed by atoms with Gasteiger partial charge in [0.1, 0.15) is 5.75 Å². The number of nitrogens with zero attached hydrogens (tertiary/aromatic N) is 5. The second kappa shape index (κ2) is 9.86. The fraction of sp³-hybridized carbons (Fsp3) is 0.269. The van der Waals surface area contributed by atoms with Gasteiger partial charge in [-0.3, -0.25) is 14.4 Å². The number of hydrogen-bond acceptors (Lipinski definition) is 7. The molecule has 1 aromatic carbocycles. The highest BCUT2D eigenvalue weighted by molar-refractivity contribution is 6.45. The molecule has 1 atom stereocenters. The van der Waals surface area contributed by atoms with Gasteiger partial charge < -0.3 is 24.6 Å². The minimum Gasteiger partial charge on any atom is -0.494 e. The molecule has 2 N–H and O–H groups in total. The molecule has 1 saturated heterocycles. The number of fused-ring (bicyclic) bond motifs is 1. The van der Waals surface area contributed by atoms with Gasteiger partial charge in [-0.15, -0.1) is 0 Å². The summed E-state index contributed by atoms with van der Waals surface area (Å²) in [5, 5.41) is 14.0. The van der Waals surface area contributed by atoms with Gasteiger partial charge >= 0.3 is 0 Å². The summed E-state index contributed by atoms with van der Waals surface area (Å²) in [5.74, 6) is -0.717. The number of ether oxygens (including phenoxy) is 1. The van der Waals surface area contributed by atoms with E-state index >= 15 is 0 Å². The Bertz CT molecular complexity index is 1480. The van der Waals surface area contributed by atoms with Gasteiger partial charge in [0.15, 0.2) is 5.82 Å². The topological polar surface area (TPSA) is 134 Å². The van der Waals surface area contributed by atoms with Gasteiger partial charge in [0.05, 0.1) is 42.6 Å². The van der Waals surface area contributed by atoms with Crippen molar-refractivity contribution in [3.05, 3.63) is 71.8 Å². The van der Waals surface area contributed by atoms with Crippen LogP contribution in [0.5, 0.6) is 5.75 Å². The van der Waals surface area contributed by atoms with Gasteiger partial charge in [0.2, 0.25) is 0 Å². The van der Waals surface area contributed by atoms with E-state index in [4.69, 9.17) is 4.74 Å². The lowest BCUT2D eigenvalue weighted by atomic mass is 10.1. The molecule has 5 rings (SSSR count). The highest BCUT2D eigenvalue weighted by Crippen LogP contribution is 2.32. The van der Waals surface area contributed by atoms with Crippen molar-refractivity contribution in [3.63, 3.8) is 0 Å². The average Bonchev–Trinajstić information content (AvgIpc) is 3.60. The fourth-order valence-corrected chi connectivity index (χ4v) is 4.62. The van der Waals surface area contributed by atoms with E-state index in [0.29, 0.717) is 46.7 Å². The number of carbonyl (C=O) groups excluding carboxylic acids is 3. The number of rotatable bonds is 6. The summed E-state index contributed by atoms with van der Waals surface area (Å²) in [6, 6.07) is 8.64. The molecule has 37 heavy (non-hydrogen) atoms. The number of H-pyrrole nitrogens is 1. The molecule has 0 spiro atoms. The monoisotopic (exact) mass is 502 g/mol. The second-order valence-corrected chi connectivity index (χ2v) is 8.85. The number of benzene rings is 1. The predicted octanol–water partition coefficient (Wildman–Crippen LogP) is 1.81. The van der Waals surface area contributed by atoms with Crippen LogP contribution in [0.15, 0.2) is 55.1 Å². The first kappa shape index (κ1) is 24.2. The number of aliphatic hydroxyl groups is 1. The summed E-state index contributed by atoms with van der Waals surface area (Å²) in [4.78, 5) is 50.3. The van der Waals surface area contributed by atoms with E-state index < -0.39 is 11.7 Å². The molecule has 1 aliphatic rings. The van der Waals surface area contributed by atoms with E-state index in [1.165, 1.54) is 35.3 Å². The molecule has 1 fully saturated rings. The zero-order chi connectivity index (χ0) is 26.1. The molecule has 0 aliphatic carbocycles. The summed E-state index contributed by atoms with van der Waals surface area (Å²) >= 11 is 0. The van der Waals surface area contributed by atoms with Gasteiger partial charge in [-0.05, 0) is 19.1 Å². The number of ketones is 1. The van der Waals surface area contributed by atoms with Crippen molar-refractivity contribution in [3.8, 4) is 11.6 Å². The van der Waals surface area contributed by atoms with Crippen LogP contribution in [0.3, 0.4) is 0 Å². The first-order valence-electron chi connectivity index (χ1n) is 11.8. The molecule has 0 radical (unpaired) electrons. The van der Waals surface area contributed by atoms with Crippen LogP contribution in [-0.2, 0) is 11.4 Å². The summed E-state index contributed by atoms with van der Waals surface area (Å²) in [6.45, 7) is 2.54. The standard InChI is InChI=1S/C26H26N6O5/c1-16-13-30(25(35)18-6-4-3-5-7-18)8-9-31(16)26(36)23(34)19-11-27-22-21(19)20(37-2)12-28-24(22)32-14-17(15-33)10-29-32/h3-7,10-12,14,16,27,33H,8-9,13,15H2,1-2H3. The molecule has 11 nitrogen and oxygen atoms in total. The van der Waals surface area contributed by atoms with Crippen molar-refractivity contribution in [2.45, 2.75) is 19.6 Å². The number of carbonyl (C=O) groups is 3. The highest BCUT2D eigenvalue weighted by Gasteiger charge is 2.35. The quantitative estimate of drug-likeness (QED) is 0.303. The summed E-state index contributed by atoms with van der Waals surface area (Å²) < 4.78 is 6.93. The number of aliphatic hydroxyl groups excluding tert-OH is 1. The normalized spacial score (nSPS) is 15.7. The van der Waals surface area contributed by atoms with Gasteiger partial charge in [-0.25, -0.2) is 9.67 Å². The maximum Gasteiger partial charge on any atom is 0.295 e. The minimum absolute atomic E-state index is 0.102. The maximum atomic E-state index is 13.4. The van der Waals surface area contributed by atoms with Crippen molar-refractivity contribution >= 4 is 28.5 Å². The average molecular weight is 503 g/mol. The number of piperazine rings is 1. The molecule has 4 aromatic rings. The Morgan fingerprint density at radius 2 is 1.95 bits per heavy atom. The minimum atomic E-state index is -0.687. The Kier molecular flexibility index (Phi) is 6.45. The molecular formula is C26H26N6O5. The Labute approximate surface area is 212 Å². The van der Waals surface area contributed by atoms with Crippen molar-refractivity contribution in [1.29, 1.82) is 0 Å². The molecule has 4 heterocycles. The van der Waals surface area contributed by atoms with Crippen LogP contribution in [0.1, 0.15) is 33.2 Å². The van der Waals surface area contributed by atoms with Crippen LogP contribution >= 0.6 is 0 Å². The second-order valence-electron chi connectivity index (χ2n) is 8.85. The van der Waals surface area contributed by atoms with Crippen LogP contribution in [0, 0.1) is 0 Å². The molecular weight excluding hydrogens is 476 g/mol. The predicted molar refractivity (Wildman–Crippen MR) is 134 cm³/mol. The molecule has 190 valence electrons. The van der Waals surface area contributed by atoms with Crippen molar-refractivity contribution in [1.82, 2.24) is 29.5 Å². The SMILES string of the molecule is COc1cnc(-n2cc(CO)cn2)c2[nH]cc(C(=O)C(=O)N3CCN(C(=O)c4ccccc4)CC3C)c12. The molecule has 1 unspecified atom stereocenters. The van der Waals surface area contributed by atoms with Crippen molar-refractivity contribution < 1.29 is 24.2 Å². The van der Waals surface area contributed by atoms with Gasteiger partial charge in [0.25, 0.3) is 17.6 Å². The first-order valence-corrected chi connectivity index (χ1v) is 11.8. The first-order chi connectivity index (χ1) is 17.9. The smallest absolute Gasteiger partial charge is 0.295 e. The number of nitrogens with one attached hydrogen (secondary N) is 1. The van der Waals surface area contributed by atoms with Crippen LogP contribution < -0.4 is 4.74 Å². The lowest BCUT2D eigenvalue weighted by molar-refractivity contribution is -0.130. The Morgan fingerprint density at radius 1 is 1.16 bits per heavy atom. The Morgan fingerprint density at radius 3 is 2.62 bits per heavy atom. The molecule has 2 amide bonds. The summed E-state index contributed by atoms with van der Waals surface area (Å²) in [7, 11) is 1.46. The number of hydrogen-bond donors (Lipinski definition) is 2.